The van der Waals surface area contributed by atoms with Gasteiger partial charge in [0.25, 0.3) is 0 Å². The van der Waals surface area contributed by atoms with Crippen molar-refractivity contribution >= 4 is 11.5 Å². The molecule has 4 aromatic rings. The van der Waals surface area contributed by atoms with Crippen molar-refractivity contribution in [3.8, 4) is 16.9 Å². The molecule has 6 nitrogen and oxygen atoms in total. The SMILES string of the molecule is Cc1nc2c(-c3ccc(OC(F)(F)F)cc3)cnn2c(NCc2ccccn2)c1C. The van der Waals surface area contributed by atoms with Gasteiger partial charge in [-0.1, -0.05) is 18.2 Å². The molecule has 9 heteroatoms. The van der Waals surface area contributed by atoms with Crippen LogP contribution < -0.4 is 10.1 Å². The fourth-order valence-corrected chi connectivity index (χ4v) is 3.11. The van der Waals surface area contributed by atoms with Crippen molar-refractivity contribution in [3.05, 3.63) is 71.8 Å². The van der Waals surface area contributed by atoms with E-state index in [0.717, 1.165) is 22.8 Å². The van der Waals surface area contributed by atoms with Crippen molar-refractivity contribution in [1.29, 1.82) is 0 Å². The number of rotatable bonds is 5. The van der Waals surface area contributed by atoms with Crippen LogP contribution in [0.5, 0.6) is 5.75 Å². The molecule has 0 aliphatic heterocycles. The lowest BCUT2D eigenvalue weighted by Crippen LogP contribution is -2.16. The predicted octanol–water partition coefficient (Wildman–Crippen LogP) is 4.92. The third kappa shape index (κ3) is 4.05. The maximum Gasteiger partial charge on any atom is 0.573 e. The Balaban J connectivity index is 1.68. The molecule has 1 N–H and O–H groups in total. The number of aryl methyl sites for hydroxylation is 1. The van der Waals surface area contributed by atoms with Crippen LogP contribution in [0.25, 0.3) is 16.8 Å². The summed E-state index contributed by atoms with van der Waals surface area (Å²) in [5.41, 5.74) is 4.65. The highest BCUT2D eigenvalue weighted by atomic mass is 19.4. The third-order valence-electron chi connectivity index (χ3n) is 4.69. The van der Waals surface area contributed by atoms with Crippen LogP contribution in [0.3, 0.4) is 0 Å². The summed E-state index contributed by atoms with van der Waals surface area (Å²) in [5.74, 6) is 0.506. The predicted molar refractivity (Wildman–Crippen MR) is 106 cm³/mol. The van der Waals surface area contributed by atoms with Gasteiger partial charge in [0.05, 0.1) is 18.4 Å². The second-order valence-electron chi connectivity index (χ2n) is 6.71. The molecule has 3 heterocycles. The lowest BCUT2D eigenvalue weighted by molar-refractivity contribution is -0.274. The molecule has 0 radical (unpaired) electrons. The fourth-order valence-electron chi connectivity index (χ4n) is 3.11. The lowest BCUT2D eigenvalue weighted by Gasteiger charge is -2.13. The zero-order valence-corrected chi connectivity index (χ0v) is 16.2. The van der Waals surface area contributed by atoms with Crippen molar-refractivity contribution < 1.29 is 17.9 Å². The first-order chi connectivity index (χ1) is 14.3. The van der Waals surface area contributed by atoms with E-state index in [2.05, 4.69) is 25.1 Å². The molecule has 0 fully saturated rings. The average molecular weight is 413 g/mol. The number of hydrogen-bond acceptors (Lipinski definition) is 5. The molecule has 0 bridgehead atoms. The highest BCUT2D eigenvalue weighted by molar-refractivity contribution is 5.79. The van der Waals surface area contributed by atoms with Crippen molar-refractivity contribution in [2.75, 3.05) is 5.32 Å². The summed E-state index contributed by atoms with van der Waals surface area (Å²) in [5, 5.41) is 7.82. The van der Waals surface area contributed by atoms with Gasteiger partial charge < -0.3 is 10.1 Å². The van der Waals surface area contributed by atoms with E-state index in [0.29, 0.717) is 23.3 Å². The van der Waals surface area contributed by atoms with E-state index in [9.17, 15) is 13.2 Å². The number of alkyl halides is 3. The minimum atomic E-state index is -4.73. The molecule has 4 rings (SSSR count). The number of hydrogen-bond donors (Lipinski definition) is 1. The van der Waals surface area contributed by atoms with E-state index in [1.807, 2.05) is 32.0 Å². The first-order valence-electron chi connectivity index (χ1n) is 9.17. The second kappa shape index (κ2) is 7.66. The van der Waals surface area contributed by atoms with Gasteiger partial charge in [-0.25, -0.2) is 4.98 Å². The van der Waals surface area contributed by atoms with Crippen LogP contribution in [0.1, 0.15) is 17.0 Å². The maximum atomic E-state index is 12.4. The topological polar surface area (TPSA) is 64.3 Å². The van der Waals surface area contributed by atoms with E-state index >= 15 is 0 Å². The van der Waals surface area contributed by atoms with Crippen LogP contribution in [0.4, 0.5) is 19.0 Å². The Morgan fingerprint density at radius 1 is 1.07 bits per heavy atom. The van der Waals surface area contributed by atoms with Crippen molar-refractivity contribution in [2.45, 2.75) is 26.8 Å². The van der Waals surface area contributed by atoms with Gasteiger partial charge in [-0.3, -0.25) is 4.98 Å². The van der Waals surface area contributed by atoms with Gasteiger partial charge >= 0.3 is 6.36 Å². The monoisotopic (exact) mass is 413 g/mol. The number of aromatic nitrogens is 4. The van der Waals surface area contributed by atoms with Crippen LogP contribution in [-0.4, -0.2) is 25.9 Å². The Bertz CT molecular complexity index is 1170. The number of halogens is 3. The lowest BCUT2D eigenvalue weighted by atomic mass is 10.1. The highest BCUT2D eigenvalue weighted by Gasteiger charge is 2.31. The molecule has 3 aromatic heterocycles. The quantitative estimate of drug-likeness (QED) is 0.503. The number of nitrogens with zero attached hydrogens (tertiary/aromatic N) is 4. The van der Waals surface area contributed by atoms with Gasteiger partial charge in [-0.15, -0.1) is 13.2 Å². The number of benzene rings is 1. The summed E-state index contributed by atoms with van der Waals surface area (Å²) in [4.78, 5) is 8.96. The second-order valence-corrected chi connectivity index (χ2v) is 6.71. The third-order valence-corrected chi connectivity index (χ3v) is 4.69. The number of ether oxygens (including phenoxy) is 1. The summed E-state index contributed by atoms with van der Waals surface area (Å²) in [6.07, 6.45) is -1.35. The Morgan fingerprint density at radius 2 is 1.83 bits per heavy atom. The Kier molecular flexibility index (Phi) is 5.03. The molecule has 0 atom stereocenters. The Labute approximate surface area is 170 Å². The molecule has 0 saturated carbocycles. The Morgan fingerprint density at radius 3 is 2.50 bits per heavy atom. The summed E-state index contributed by atoms with van der Waals surface area (Å²) >= 11 is 0. The van der Waals surface area contributed by atoms with Crippen molar-refractivity contribution in [2.24, 2.45) is 0 Å². The van der Waals surface area contributed by atoms with Gasteiger partial charge in [0, 0.05) is 23.0 Å². The molecular weight excluding hydrogens is 395 g/mol. The zero-order valence-electron chi connectivity index (χ0n) is 16.2. The van der Waals surface area contributed by atoms with Crippen LogP contribution >= 0.6 is 0 Å². The fraction of sp³-hybridized carbons (Fsp3) is 0.190. The van der Waals surface area contributed by atoms with E-state index in [4.69, 9.17) is 0 Å². The van der Waals surface area contributed by atoms with Crippen LogP contribution in [-0.2, 0) is 6.54 Å². The smallest absolute Gasteiger partial charge is 0.406 e. The molecular formula is C21H18F3N5O. The van der Waals surface area contributed by atoms with Crippen LogP contribution in [0, 0.1) is 13.8 Å². The standard InChI is InChI=1S/C21H18F3N5O/c1-13-14(2)28-20-18(15-6-8-17(9-7-15)30-21(22,23)24)12-27-29(20)19(13)26-11-16-5-3-4-10-25-16/h3-10,12,26H,11H2,1-2H3. The number of anilines is 1. The average Bonchev–Trinajstić information content (AvgIpc) is 3.12. The van der Waals surface area contributed by atoms with Gasteiger partial charge in [0.1, 0.15) is 11.6 Å². The zero-order chi connectivity index (χ0) is 21.3. The van der Waals surface area contributed by atoms with Gasteiger partial charge in [0.2, 0.25) is 0 Å². The summed E-state index contributed by atoms with van der Waals surface area (Å²) in [7, 11) is 0. The van der Waals surface area contributed by atoms with Crippen LogP contribution in [0.2, 0.25) is 0 Å². The summed E-state index contributed by atoms with van der Waals surface area (Å²) < 4.78 is 42.8. The normalized spacial score (nSPS) is 11.6. The first kappa shape index (κ1) is 19.7. The number of nitrogens with one attached hydrogen (secondary N) is 1. The Hall–Kier alpha value is -3.62. The summed E-state index contributed by atoms with van der Waals surface area (Å²) in [6.45, 7) is 4.37. The minimum Gasteiger partial charge on any atom is -0.406 e. The molecule has 30 heavy (non-hydrogen) atoms. The molecule has 1 aromatic carbocycles. The van der Waals surface area contributed by atoms with Crippen molar-refractivity contribution in [1.82, 2.24) is 19.6 Å². The number of fused-ring (bicyclic) bond motifs is 1. The van der Waals surface area contributed by atoms with E-state index in [1.165, 1.54) is 12.1 Å². The van der Waals surface area contributed by atoms with Gasteiger partial charge in [-0.05, 0) is 43.7 Å². The highest BCUT2D eigenvalue weighted by Crippen LogP contribution is 2.30. The van der Waals surface area contributed by atoms with Crippen LogP contribution in [0.15, 0.2) is 54.9 Å². The van der Waals surface area contributed by atoms with E-state index < -0.39 is 6.36 Å². The van der Waals surface area contributed by atoms with Crippen molar-refractivity contribution in [3.63, 3.8) is 0 Å². The largest absolute Gasteiger partial charge is 0.573 e. The molecule has 0 amide bonds. The minimum absolute atomic E-state index is 0.277. The molecule has 0 spiro atoms. The molecule has 0 saturated heterocycles. The van der Waals surface area contributed by atoms with Gasteiger partial charge in [-0.2, -0.15) is 9.61 Å². The summed E-state index contributed by atoms with van der Waals surface area (Å²) in [6, 6.07) is 11.3. The maximum absolute atomic E-state index is 12.4. The number of pyridine rings is 1. The first-order valence-corrected chi connectivity index (χ1v) is 9.17. The van der Waals surface area contributed by atoms with E-state index in [1.54, 1.807) is 29.0 Å². The van der Waals surface area contributed by atoms with Gasteiger partial charge in [0.15, 0.2) is 5.65 Å². The molecule has 0 aliphatic carbocycles. The molecule has 154 valence electrons. The molecule has 0 aliphatic rings. The molecule has 0 unspecified atom stereocenters. The van der Waals surface area contributed by atoms with E-state index in [-0.39, 0.29) is 5.75 Å².